The fraction of sp³-hybridized carbons (Fsp3) is 0.700. The van der Waals surface area contributed by atoms with E-state index < -0.39 is 20.9 Å². The Kier molecular flexibility index (Phi) is 11.2. The van der Waals surface area contributed by atoms with Gasteiger partial charge in [-0.3, -0.25) is 9.13 Å². The summed E-state index contributed by atoms with van der Waals surface area (Å²) in [4.78, 5) is 0. The number of hydrogen-bond acceptors (Lipinski definition) is 6. The average molecular weight is 434 g/mol. The Hall–Kier alpha value is -0.480. The summed E-state index contributed by atoms with van der Waals surface area (Å²) in [6.07, 6.45) is 0.153. The molecule has 162 valence electrons. The van der Waals surface area contributed by atoms with Gasteiger partial charge in [-0.05, 0) is 45.1 Å². The molecule has 0 spiro atoms. The van der Waals surface area contributed by atoms with Crippen molar-refractivity contribution in [3.63, 3.8) is 0 Å². The number of hydrogen-bond donors (Lipinski definition) is 0. The molecule has 0 aliphatic rings. The molecule has 0 heterocycles. The number of rotatable bonds is 14. The summed E-state index contributed by atoms with van der Waals surface area (Å²) in [6, 6.07) is 9.84. The van der Waals surface area contributed by atoms with Gasteiger partial charge >= 0.3 is 15.2 Å². The van der Waals surface area contributed by atoms with Crippen molar-refractivity contribution in [2.45, 2.75) is 53.1 Å². The van der Waals surface area contributed by atoms with Crippen LogP contribution < -0.4 is 0 Å². The molecule has 1 rings (SSSR count). The van der Waals surface area contributed by atoms with E-state index in [9.17, 15) is 9.13 Å². The summed E-state index contributed by atoms with van der Waals surface area (Å²) in [7, 11) is -6.76. The molecule has 0 amide bonds. The molecule has 3 atom stereocenters. The van der Waals surface area contributed by atoms with E-state index in [0.717, 1.165) is 5.56 Å². The molecule has 0 radical (unpaired) electrons. The fourth-order valence-electron chi connectivity index (χ4n) is 3.60. The molecular weight excluding hydrogens is 398 g/mol. The van der Waals surface area contributed by atoms with Crippen molar-refractivity contribution in [3.05, 3.63) is 35.9 Å². The molecule has 0 aromatic heterocycles. The second-order valence-corrected chi connectivity index (χ2v) is 11.0. The van der Waals surface area contributed by atoms with Gasteiger partial charge in [0.1, 0.15) is 0 Å². The van der Waals surface area contributed by atoms with Gasteiger partial charge in [0.2, 0.25) is 0 Å². The topological polar surface area (TPSA) is 71.1 Å². The van der Waals surface area contributed by atoms with Gasteiger partial charge in [0.05, 0.1) is 38.2 Å². The summed E-state index contributed by atoms with van der Waals surface area (Å²) in [6.45, 7) is 12.2. The van der Waals surface area contributed by atoms with Crippen LogP contribution in [-0.4, -0.2) is 38.2 Å². The third kappa shape index (κ3) is 7.09. The van der Waals surface area contributed by atoms with Crippen molar-refractivity contribution >= 4 is 15.2 Å². The van der Waals surface area contributed by atoms with Crippen LogP contribution in [0.3, 0.4) is 0 Å². The monoisotopic (exact) mass is 434 g/mol. The van der Waals surface area contributed by atoms with Gasteiger partial charge in [0, 0.05) is 0 Å². The first-order chi connectivity index (χ1) is 13.3. The predicted octanol–water partition coefficient (Wildman–Crippen LogP) is 6.33. The van der Waals surface area contributed by atoms with Crippen LogP contribution in [0.2, 0.25) is 0 Å². The van der Waals surface area contributed by atoms with Crippen LogP contribution in [0.25, 0.3) is 0 Å². The summed E-state index contributed by atoms with van der Waals surface area (Å²) in [5.74, 6) is -0.403. The zero-order valence-corrected chi connectivity index (χ0v) is 19.8. The molecule has 3 unspecified atom stereocenters. The highest BCUT2D eigenvalue weighted by Gasteiger charge is 2.45. The Balaban J connectivity index is 3.32. The quantitative estimate of drug-likeness (QED) is 0.319. The minimum absolute atomic E-state index is 0.128. The molecule has 0 bridgehead atoms. The molecule has 1 aromatic rings. The van der Waals surface area contributed by atoms with Crippen LogP contribution in [0, 0.1) is 5.92 Å². The van der Waals surface area contributed by atoms with Crippen LogP contribution in [-0.2, 0) is 27.2 Å². The molecule has 6 nitrogen and oxygen atoms in total. The Morgan fingerprint density at radius 3 is 1.68 bits per heavy atom. The lowest BCUT2D eigenvalue weighted by Gasteiger charge is -2.36. The van der Waals surface area contributed by atoms with Gasteiger partial charge in [-0.2, -0.15) is 0 Å². The SMILES string of the molecule is CCOP(=O)(CC(C)C(C(C)c1ccccc1)P(=O)(OCC)OCC)OCC. The van der Waals surface area contributed by atoms with Crippen LogP contribution in [0.4, 0.5) is 0 Å². The maximum atomic E-state index is 13.8. The van der Waals surface area contributed by atoms with E-state index in [1.807, 2.05) is 44.2 Å². The maximum absolute atomic E-state index is 13.8. The van der Waals surface area contributed by atoms with Crippen molar-refractivity contribution in [3.8, 4) is 0 Å². The smallest absolute Gasteiger partial charge is 0.309 e. The Labute approximate surface area is 170 Å². The first-order valence-corrected chi connectivity index (χ1v) is 13.4. The van der Waals surface area contributed by atoms with E-state index in [1.54, 1.807) is 27.7 Å². The van der Waals surface area contributed by atoms with E-state index in [-0.39, 0.29) is 44.4 Å². The Morgan fingerprint density at radius 2 is 1.25 bits per heavy atom. The van der Waals surface area contributed by atoms with E-state index in [2.05, 4.69) is 0 Å². The highest BCUT2D eigenvalue weighted by Crippen LogP contribution is 2.62. The molecule has 0 fully saturated rings. The average Bonchev–Trinajstić information content (AvgIpc) is 2.63. The predicted molar refractivity (Wildman–Crippen MR) is 114 cm³/mol. The molecular formula is C20H36O6P2. The lowest BCUT2D eigenvalue weighted by atomic mass is 9.91. The molecule has 0 N–H and O–H groups in total. The summed E-state index contributed by atoms with van der Waals surface area (Å²) < 4.78 is 49.2. The summed E-state index contributed by atoms with van der Waals surface area (Å²) in [5.41, 5.74) is 0.547. The van der Waals surface area contributed by atoms with Crippen LogP contribution in [0.5, 0.6) is 0 Å². The first-order valence-electron chi connectivity index (χ1n) is 10.1. The largest absolute Gasteiger partial charge is 0.334 e. The van der Waals surface area contributed by atoms with Gasteiger partial charge in [-0.25, -0.2) is 0 Å². The van der Waals surface area contributed by atoms with Crippen molar-refractivity contribution in [1.29, 1.82) is 0 Å². The van der Waals surface area contributed by atoms with E-state index >= 15 is 0 Å². The normalized spacial score (nSPS) is 15.9. The zero-order chi connectivity index (χ0) is 21.2. The van der Waals surface area contributed by atoms with Gasteiger partial charge in [-0.15, -0.1) is 0 Å². The molecule has 28 heavy (non-hydrogen) atoms. The summed E-state index contributed by atoms with van der Waals surface area (Å²) in [5, 5.41) is 0. The molecule has 0 aliphatic heterocycles. The minimum Gasteiger partial charge on any atom is -0.309 e. The van der Waals surface area contributed by atoms with Crippen LogP contribution in [0.1, 0.15) is 53.0 Å². The van der Waals surface area contributed by atoms with Gasteiger partial charge < -0.3 is 18.1 Å². The highest BCUT2D eigenvalue weighted by molar-refractivity contribution is 7.55. The summed E-state index contributed by atoms with van der Waals surface area (Å²) >= 11 is 0. The zero-order valence-electron chi connectivity index (χ0n) is 18.0. The lowest BCUT2D eigenvalue weighted by molar-refractivity contribution is 0.196. The van der Waals surface area contributed by atoms with Gasteiger partial charge in [-0.1, -0.05) is 44.2 Å². The van der Waals surface area contributed by atoms with Crippen molar-refractivity contribution < 1.29 is 27.2 Å². The first kappa shape index (κ1) is 25.6. The third-order valence-electron chi connectivity index (χ3n) is 4.57. The fourth-order valence-corrected chi connectivity index (χ4v) is 8.36. The third-order valence-corrected chi connectivity index (χ3v) is 9.82. The van der Waals surface area contributed by atoms with Gasteiger partial charge in [0.25, 0.3) is 0 Å². The van der Waals surface area contributed by atoms with Crippen molar-refractivity contribution in [2.75, 3.05) is 32.6 Å². The maximum Gasteiger partial charge on any atom is 0.334 e. The van der Waals surface area contributed by atoms with Crippen molar-refractivity contribution in [1.82, 2.24) is 0 Å². The second-order valence-electron chi connectivity index (χ2n) is 6.67. The standard InChI is InChI=1S/C20H36O6P2/c1-7-23-27(21,24-8-2)16-17(5)20(28(22,25-9-3)26-10-4)18(6)19-14-12-11-13-15-19/h11-15,17-18,20H,7-10,16H2,1-6H3. The van der Waals surface area contributed by atoms with Crippen LogP contribution in [0.15, 0.2) is 30.3 Å². The van der Waals surface area contributed by atoms with E-state index in [4.69, 9.17) is 18.1 Å². The molecule has 0 saturated carbocycles. The number of benzene rings is 1. The lowest BCUT2D eigenvalue weighted by Crippen LogP contribution is -2.30. The van der Waals surface area contributed by atoms with E-state index in [0.29, 0.717) is 0 Å². The van der Waals surface area contributed by atoms with Crippen molar-refractivity contribution in [2.24, 2.45) is 5.92 Å². The molecule has 8 heteroatoms. The van der Waals surface area contributed by atoms with Crippen LogP contribution >= 0.6 is 15.2 Å². The molecule has 0 saturated heterocycles. The Bertz CT molecular complexity index is 631. The van der Waals surface area contributed by atoms with E-state index in [1.165, 1.54) is 0 Å². The molecule has 1 aromatic carbocycles. The second kappa shape index (κ2) is 12.3. The molecule has 0 aliphatic carbocycles. The Morgan fingerprint density at radius 1 is 0.786 bits per heavy atom. The van der Waals surface area contributed by atoms with Gasteiger partial charge in [0.15, 0.2) is 0 Å². The minimum atomic E-state index is -3.46. The highest BCUT2D eigenvalue weighted by atomic mass is 31.2.